The maximum atomic E-state index is 12.2. The lowest BCUT2D eigenvalue weighted by Crippen LogP contribution is -2.30. The number of hydrogen-bond acceptors (Lipinski definition) is 5. The molecule has 1 unspecified atom stereocenters. The quantitative estimate of drug-likeness (QED) is 0.724. The van der Waals surface area contributed by atoms with Crippen LogP contribution in [0.15, 0.2) is 6.20 Å². The molecule has 0 fully saturated rings. The van der Waals surface area contributed by atoms with E-state index >= 15 is 0 Å². The van der Waals surface area contributed by atoms with Crippen molar-refractivity contribution in [2.24, 2.45) is 0 Å². The molecule has 0 spiro atoms. The smallest absolute Gasteiger partial charge is 0.200 e. The summed E-state index contributed by atoms with van der Waals surface area (Å²) >= 11 is 5.94. The highest BCUT2D eigenvalue weighted by Gasteiger charge is 2.29. The van der Waals surface area contributed by atoms with Crippen molar-refractivity contribution in [3.05, 3.63) is 16.9 Å². The molecule has 0 N–H and O–H groups in total. The van der Waals surface area contributed by atoms with Crippen LogP contribution in [0, 0.1) is 0 Å². The Balaban J connectivity index is 3.06. The number of hydrogen-bond donors (Lipinski definition) is 0. The Morgan fingerprint density at radius 2 is 2.11 bits per heavy atom. The van der Waals surface area contributed by atoms with E-state index in [9.17, 15) is 13.2 Å². The number of halogens is 1. The Morgan fingerprint density at radius 1 is 1.53 bits per heavy atom. The number of rotatable bonds is 6. The van der Waals surface area contributed by atoms with Gasteiger partial charge >= 0.3 is 0 Å². The molecule has 0 saturated heterocycles. The van der Waals surface area contributed by atoms with Crippen molar-refractivity contribution in [1.82, 2.24) is 14.7 Å². The van der Waals surface area contributed by atoms with Gasteiger partial charge in [0, 0.05) is 12.8 Å². The summed E-state index contributed by atoms with van der Waals surface area (Å²) in [7, 11) is 0.337. The predicted octanol–water partition coefficient (Wildman–Crippen LogP) is 0.714. The van der Waals surface area contributed by atoms with Gasteiger partial charge in [-0.1, -0.05) is 11.6 Å². The molecule has 0 amide bonds. The SMILES string of the molecule is CC(C(=O)c1c(Cl)cnn1CCN(C)C)S(C)(=O)=O. The van der Waals surface area contributed by atoms with Gasteiger partial charge in [-0.2, -0.15) is 5.10 Å². The van der Waals surface area contributed by atoms with Crippen LogP contribution in [0.1, 0.15) is 17.4 Å². The lowest BCUT2D eigenvalue weighted by Gasteiger charge is -2.13. The van der Waals surface area contributed by atoms with E-state index in [1.807, 2.05) is 19.0 Å². The number of carbonyl (C=O) groups is 1. The molecule has 1 aromatic rings. The molecule has 0 aromatic carbocycles. The number of nitrogens with zero attached hydrogens (tertiary/aromatic N) is 3. The highest BCUT2D eigenvalue weighted by Crippen LogP contribution is 2.19. The van der Waals surface area contributed by atoms with E-state index in [2.05, 4.69) is 5.10 Å². The van der Waals surface area contributed by atoms with Gasteiger partial charge < -0.3 is 4.90 Å². The molecule has 0 bridgehead atoms. The topological polar surface area (TPSA) is 72.3 Å². The molecule has 19 heavy (non-hydrogen) atoms. The molecule has 6 nitrogen and oxygen atoms in total. The van der Waals surface area contributed by atoms with Gasteiger partial charge in [0.05, 0.1) is 17.8 Å². The molecule has 1 aromatic heterocycles. The van der Waals surface area contributed by atoms with Gasteiger partial charge in [-0.25, -0.2) is 8.42 Å². The van der Waals surface area contributed by atoms with Gasteiger partial charge in [-0.05, 0) is 21.0 Å². The van der Waals surface area contributed by atoms with E-state index in [1.165, 1.54) is 17.8 Å². The lowest BCUT2D eigenvalue weighted by atomic mass is 10.2. The maximum Gasteiger partial charge on any atom is 0.200 e. The number of aromatic nitrogens is 2. The monoisotopic (exact) mass is 307 g/mol. The molecule has 0 aliphatic heterocycles. The fourth-order valence-corrected chi connectivity index (χ4v) is 2.19. The van der Waals surface area contributed by atoms with Gasteiger partial charge in [-0.15, -0.1) is 0 Å². The fourth-order valence-electron chi connectivity index (χ4n) is 1.46. The van der Waals surface area contributed by atoms with Crippen LogP contribution in [0.25, 0.3) is 0 Å². The van der Waals surface area contributed by atoms with Crippen LogP contribution >= 0.6 is 11.6 Å². The van der Waals surface area contributed by atoms with Gasteiger partial charge in [0.2, 0.25) is 0 Å². The van der Waals surface area contributed by atoms with E-state index < -0.39 is 20.9 Å². The first kappa shape index (κ1) is 16.1. The molecule has 1 rings (SSSR count). The molecular formula is C11H18ClN3O3S. The molecule has 0 radical (unpaired) electrons. The second-order valence-electron chi connectivity index (χ2n) is 4.70. The molecule has 0 aliphatic carbocycles. The number of ketones is 1. The zero-order valence-electron chi connectivity index (χ0n) is 11.4. The fraction of sp³-hybridized carbons (Fsp3) is 0.636. The first-order valence-corrected chi connectivity index (χ1v) is 8.07. The highest BCUT2D eigenvalue weighted by molar-refractivity contribution is 7.92. The first-order chi connectivity index (χ1) is 8.64. The largest absolute Gasteiger partial charge is 0.308 e. The van der Waals surface area contributed by atoms with E-state index in [4.69, 9.17) is 11.6 Å². The lowest BCUT2D eigenvalue weighted by molar-refractivity contribution is 0.0980. The third-order valence-corrected chi connectivity index (χ3v) is 4.57. The van der Waals surface area contributed by atoms with Crippen LogP contribution in [-0.2, 0) is 16.4 Å². The molecular weight excluding hydrogens is 290 g/mol. The van der Waals surface area contributed by atoms with E-state index in [1.54, 1.807) is 0 Å². The van der Waals surface area contributed by atoms with Crippen molar-refractivity contribution in [3.8, 4) is 0 Å². The molecule has 1 heterocycles. The van der Waals surface area contributed by atoms with E-state index in [-0.39, 0.29) is 10.7 Å². The molecule has 0 saturated carbocycles. The van der Waals surface area contributed by atoms with Gasteiger partial charge in [0.25, 0.3) is 0 Å². The number of likely N-dealkylation sites (N-methyl/N-ethyl adjacent to an activating group) is 1. The van der Waals surface area contributed by atoms with Crippen LogP contribution < -0.4 is 0 Å². The second-order valence-corrected chi connectivity index (χ2v) is 7.48. The summed E-state index contributed by atoms with van der Waals surface area (Å²) in [4.78, 5) is 14.1. The van der Waals surface area contributed by atoms with Crippen molar-refractivity contribution in [2.75, 3.05) is 26.9 Å². The zero-order valence-corrected chi connectivity index (χ0v) is 13.0. The van der Waals surface area contributed by atoms with Crippen molar-refractivity contribution in [1.29, 1.82) is 0 Å². The Labute approximate surface area is 118 Å². The number of sulfone groups is 1. The summed E-state index contributed by atoms with van der Waals surface area (Å²) in [6.07, 6.45) is 2.39. The minimum atomic E-state index is -3.45. The normalized spacial score (nSPS) is 13.8. The second kappa shape index (κ2) is 6.02. The van der Waals surface area contributed by atoms with E-state index in [0.29, 0.717) is 13.1 Å². The highest BCUT2D eigenvalue weighted by atomic mass is 35.5. The van der Waals surface area contributed by atoms with E-state index in [0.717, 1.165) is 6.26 Å². The molecule has 0 aliphatic rings. The number of carbonyl (C=O) groups excluding carboxylic acids is 1. The maximum absolute atomic E-state index is 12.2. The minimum Gasteiger partial charge on any atom is -0.308 e. The van der Waals surface area contributed by atoms with Gasteiger partial charge in [0.15, 0.2) is 15.6 Å². The summed E-state index contributed by atoms with van der Waals surface area (Å²) in [5.74, 6) is -0.524. The predicted molar refractivity (Wildman–Crippen MR) is 74.4 cm³/mol. The minimum absolute atomic E-state index is 0.154. The van der Waals surface area contributed by atoms with Crippen molar-refractivity contribution >= 4 is 27.2 Å². The van der Waals surface area contributed by atoms with Gasteiger partial charge in [0.1, 0.15) is 10.9 Å². The zero-order chi connectivity index (χ0) is 14.8. The summed E-state index contributed by atoms with van der Waals surface area (Å²) in [6.45, 7) is 2.50. The van der Waals surface area contributed by atoms with Gasteiger partial charge in [-0.3, -0.25) is 9.48 Å². The van der Waals surface area contributed by atoms with Crippen molar-refractivity contribution < 1.29 is 13.2 Å². The third-order valence-electron chi connectivity index (χ3n) is 2.80. The van der Waals surface area contributed by atoms with Crippen LogP contribution in [-0.4, -0.2) is 61.0 Å². The Kier molecular flexibility index (Phi) is 5.11. The van der Waals surface area contributed by atoms with Crippen LogP contribution in [0.4, 0.5) is 0 Å². The number of Topliss-reactive ketones (excluding diaryl/α,β-unsaturated/α-hetero) is 1. The van der Waals surface area contributed by atoms with Crippen molar-refractivity contribution in [2.45, 2.75) is 18.7 Å². The van der Waals surface area contributed by atoms with Crippen LogP contribution in [0.5, 0.6) is 0 Å². The average molecular weight is 308 g/mol. The Morgan fingerprint density at radius 3 is 2.58 bits per heavy atom. The average Bonchev–Trinajstić information content (AvgIpc) is 2.64. The summed E-state index contributed by atoms with van der Waals surface area (Å²) < 4.78 is 24.4. The molecule has 108 valence electrons. The summed E-state index contributed by atoms with van der Waals surface area (Å²) in [6, 6.07) is 0. The first-order valence-electron chi connectivity index (χ1n) is 5.73. The molecule has 8 heteroatoms. The van der Waals surface area contributed by atoms with Crippen LogP contribution in [0.2, 0.25) is 5.02 Å². The summed E-state index contributed by atoms with van der Waals surface area (Å²) in [5.41, 5.74) is 0.154. The Hall–Kier alpha value is -0.920. The molecule has 1 atom stereocenters. The third kappa shape index (κ3) is 4.02. The van der Waals surface area contributed by atoms with Crippen LogP contribution in [0.3, 0.4) is 0 Å². The Bertz CT molecular complexity index is 566. The summed E-state index contributed by atoms with van der Waals surface area (Å²) in [5, 5.41) is 3.07. The standard InChI is InChI=1S/C11H18ClN3O3S/c1-8(19(4,17)18)11(16)10-9(12)7-13-15(10)6-5-14(2)3/h7-8H,5-6H2,1-4H3. The van der Waals surface area contributed by atoms with Crippen molar-refractivity contribution in [3.63, 3.8) is 0 Å².